The number of fused-ring (bicyclic) bond motifs is 1. The predicted molar refractivity (Wildman–Crippen MR) is 126 cm³/mol. The van der Waals surface area contributed by atoms with Gasteiger partial charge in [0.15, 0.2) is 16.3 Å². The molecule has 1 N–H and O–H groups in total. The van der Waals surface area contributed by atoms with Gasteiger partial charge < -0.3 is 14.6 Å². The minimum absolute atomic E-state index is 0.00599. The van der Waals surface area contributed by atoms with E-state index in [1.807, 2.05) is 6.92 Å². The third kappa shape index (κ3) is 4.38. The molecule has 1 aromatic heterocycles. The molecule has 0 saturated carbocycles. The maximum atomic E-state index is 13.6. The van der Waals surface area contributed by atoms with Gasteiger partial charge in [0.2, 0.25) is 0 Å². The number of nitrogens with zero attached hydrogens (tertiary/aromatic N) is 2. The average Bonchev–Trinajstić information content (AvgIpc) is 3.10. The minimum Gasteiger partial charge on any atom is -0.504 e. The Kier molecular flexibility index (Phi) is 6.65. The summed E-state index contributed by atoms with van der Waals surface area (Å²) < 4.78 is 26.1. The molecule has 34 heavy (non-hydrogen) atoms. The molecule has 1 atom stereocenters. The molecule has 9 heteroatoms. The Balaban J connectivity index is 1.91. The van der Waals surface area contributed by atoms with Crippen LogP contribution in [0.3, 0.4) is 0 Å². The van der Waals surface area contributed by atoms with E-state index in [-0.39, 0.29) is 23.5 Å². The molecule has 2 aromatic carbocycles. The highest BCUT2D eigenvalue weighted by molar-refractivity contribution is 7.07. The van der Waals surface area contributed by atoms with Gasteiger partial charge in [-0.05, 0) is 62.2 Å². The van der Waals surface area contributed by atoms with Gasteiger partial charge in [0.05, 0.1) is 35.1 Å². The van der Waals surface area contributed by atoms with Crippen molar-refractivity contribution in [1.29, 1.82) is 0 Å². The maximum Gasteiger partial charge on any atom is 0.338 e. The molecule has 0 aliphatic carbocycles. The number of aromatic nitrogens is 1. The maximum absolute atomic E-state index is 13.6. The molecule has 1 aliphatic heterocycles. The van der Waals surface area contributed by atoms with Crippen LogP contribution in [0.5, 0.6) is 11.5 Å². The van der Waals surface area contributed by atoms with Gasteiger partial charge in [-0.15, -0.1) is 0 Å². The van der Waals surface area contributed by atoms with Gasteiger partial charge >= 0.3 is 5.97 Å². The third-order valence-electron chi connectivity index (χ3n) is 5.28. The van der Waals surface area contributed by atoms with Gasteiger partial charge in [-0.25, -0.2) is 14.2 Å². The number of hydrogen-bond acceptors (Lipinski definition) is 7. The Bertz CT molecular complexity index is 1450. The number of hydrogen-bond donors (Lipinski definition) is 1. The number of thiazole rings is 1. The number of ether oxygens (including phenoxy) is 2. The molecule has 0 unspecified atom stereocenters. The number of allylic oxidation sites excluding steroid dienone is 1. The molecular formula is C25H23FN2O5S. The molecule has 1 aliphatic rings. The lowest BCUT2D eigenvalue weighted by Crippen LogP contribution is -2.39. The number of rotatable bonds is 6. The van der Waals surface area contributed by atoms with Crippen molar-refractivity contribution in [3.8, 4) is 11.5 Å². The fourth-order valence-corrected chi connectivity index (χ4v) is 4.84. The van der Waals surface area contributed by atoms with E-state index >= 15 is 0 Å². The van der Waals surface area contributed by atoms with E-state index in [4.69, 9.17) is 9.47 Å². The summed E-state index contributed by atoms with van der Waals surface area (Å²) in [5, 5.41) is 9.96. The van der Waals surface area contributed by atoms with Crippen LogP contribution in [0, 0.1) is 5.82 Å². The lowest BCUT2D eigenvalue weighted by Gasteiger charge is -2.24. The second-order valence-electron chi connectivity index (χ2n) is 7.51. The van der Waals surface area contributed by atoms with Gasteiger partial charge in [-0.1, -0.05) is 29.5 Å². The summed E-state index contributed by atoms with van der Waals surface area (Å²) in [5.41, 5.74) is 1.54. The van der Waals surface area contributed by atoms with E-state index in [0.29, 0.717) is 38.5 Å². The summed E-state index contributed by atoms with van der Waals surface area (Å²) in [4.78, 5) is 31.3. The fourth-order valence-electron chi connectivity index (χ4n) is 3.79. The molecular weight excluding hydrogens is 459 g/mol. The Hall–Kier alpha value is -3.72. The summed E-state index contributed by atoms with van der Waals surface area (Å²) in [6, 6.07) is 9.67. The molecule has 0 spiro atoms. The van der Waals surface area contributed by atoms with Crippen LogP contribution in [0.2, 0.25) is 0 Å². The molecule has 0 saturated heterocycles. The van der Waals surface area contributed by atoms with Crippen molar-refractivity contribution in [2.24, 2.45) is 4.99 Å². The van der Waals surface area contributed by atoms with Gasteiger partial charge in [0.25, 0.3) is 5.56 Å². The second-order valence-corrected chi connectivity index (χ2v) is 8.52. The van der Waals surface area contributed by atoms with Crippen molar-refractivity contribution in [3.05, 3.63) is 90.4 Å². The molecule has 0 fully saturated rings. The number of aromatic hydroxyl groups is 1. The van der Waals surface area contributed by atoms with E-state index < -0.39 is 17.8 Å². The van der Waals surface area contributed by atoms with E-state index in [0.717, 1.165) is 0 Å². The SMILES string of the molecule is CCOC(=O)C1=C(C)N=c2s/c(=C\c3ccc(O)c(OCC)c3)c(=O)n2[C@H]1c1ccc(F)cc1. The first-order chi connectivity index (χ1) is 16.3. The molecule has 0 amide bonds. The first-order valence-corrected chi connectivity index (χ1v) is 11.6. The molecule has 0 bridgehead atoms. The van der Waals surface area contributed by atoms with Crippen molar-refractivity contribution < 1.29 is 23.8 Å². The van der Waals surface area contributed by atoms with Crippen LogP contribution < -0.4 is 19.6 Å². The van der Waals surface area contributed by atoms with E-state index in [9.17, 15) is 19.1 Å². The summed E-state index contributed by atoms with van der Waals surface area (Å²) in [5.74, 6) is -0.681. The first-order valence-electron chi connectivity index (χ1n) is 10.7. The third-order valence-corrected chi connectivity index (χ3v) is 6.27. The number of esters is 1. The normalized spacial score (nSPS) is 15.6. The van der Waals surface area contributed by atoms with Gasteiger partial charge in [0.1, 0.15) is 5.82 Å². The molecule has 176 valence electrons. The Morgan fingerprint density at radius 1 is 1.21 bits per heavy atom. The van der Waals surface area contributed by atoms with Crippen LogP contribution in [0.1, 0.15) is 37.9 Å². The van der Waals surface area contributed by atoms with E-state index in [1.165, 1.54) is 34.1 Å². The Morgan fingerprint density at radius 2 is 1.94 bits per heavy atom. The fraction of sp³-hybridized carbons (Fsp3) is 0.240. The predicted octanol–water partition coefficient (Wildman–Crippen LogP) is 3.04. The minimum atomic E-state index is -0.808. The largest absolute Gasteiger partial charge is 0.504 e. The number of carbonyl (C=O) groups excluding carboxylic acids is 1. The summed E-state index contributed by atoms with van der Waals surface area (Å²) >= 11 is 1.18. The lowest BCUT2D eigenvalue weighted by molar-refractivity contribution is -0.139. The highest BCUT2D eigenvalue weighted by Gasteiger charge is 2.33. The molecule has 3 aromatic rings. The van der Waals surface area contributed by atoms with Crippen molar-refractivity contribution >= 4 is 23.4 Å². The number of phenolic OH excluding ortho intramolecular Hbond substituents is 1. The smallest absolute Gasteiger partial charge is 0.338 e. The van der Waals surface area contributed by atoms with Crippen LogP contribution in [0.15, 0.2) is 63.5 Å². The topological polar surface area (TPSA) is 90.1 Å². The highest BCUT2D eigenvalue weighted by atomic mass is 32.1. The monoisotopic (exact) mass is 482 g/mol. The molecule has 2 heterocycles. The van der Waals surface area contributed by atoms with Gasteiger partial charge in [-0.3, -0.25) is 9.36 Å². The molecule has 4 rings (SSSR count). The Morgan fingerprint density at radius 3 is 2.62 bits per heavy atom. The van der Waals surface area contributed by atoms with E-state index in [1.54, 1.807) is 44.2 Å². The van der Waals surface area contributed by atoms with Crippen molar-refractivity contribution in [2.75, 3.05) is 13.2 Å². The van der Waals surface area contributed by atoms with Crippen LogP contribution in [0.25, 0.3) is 6.08 Å². The van der Waals surface area contributed by atoms with Gasteiger partial charge in [0, 0.05) is 0 Å². The van der Waals surface area contributed by atoms with Crippen LogP contribution >= 0.6 is 11.3 Å². The van der Waals surface area contributed by atoms with Crippen molar-refractivity contribution in [3.63, 3.8) is 0 Å². The number of phenols is 1. The Labute approximate surface area is 198 Å². The zero-order chi connectivity index (χ0) is 24.4. The van der Waals surface area contributed by atoms with E-state index in [2.05, 4.69) is 4.99 Å². The van der Waals surface area contributed by atoms with Crippen LogP contribution in [-0.4, -0.2) is 28.9 Å². The lowest BCUT2D eigenvalue weighted by atomic mass is 9.96. The number of benzene rings is 2. The first kappa shape index (κ1) is 23.4. The molecule has 0 radical (unpaired) electrons. The van der Waals surface area contributed by atoms with Gasteiger partial charge in [-0.2, -0.15) is 0 Å². The molecule has 7 nitrogen and oxygen atoms in total. The highest BCUT2D eigenvalue weighted by Crippen LogP contribution is 2.31. The van der Waals surface area contributed by atoms with Crippen molar-refractivity contribution in [1.82, 2.24) is 4.57 Å². The summed E-state index contributed by atoms with van der Waals surface area (Å²) in [6.45, 7) is 5.74. The number of carbonyl (C=O) groups is 1. The van der Waals surface area contributed by atoms with Crippen LogP contribution in [0.4, 0.5) is 4.39 Å². The summed E-state index contributed by atoms with van der Waals surface area (Å²) in [6.07, 6.45) is 1.68. The average molecular weight is 483 g/mol. The van der Waals surface area contributed by atoms with Crippen LogP contribution in [-0.2, 0) is 9.53 Å². The quantitative estimate of drug-likeness (QED) is 0.546. The zero-order valence-corrected chi connectivity index (χ0v) is 19.7. The van der Waals surface area contributed by atoms with Crippen molar-refractivity contribution in [2.45, 2.75) is 26.8 Å². The standard InChI is InChI=1S/C25H23FN2O5S/c1-4-32-19-12-15(6-11-18(19)29)13-20-23(30)28-22(16-7-9-17(26)10-8-16)21(24(31)33-5-2)14(3)27-25(28)34-20/h6-13,22,29H,4-5H2,1-3H3/b20-13-/t22-/m0/s1. The zero-order valence-electron chi connectivity index (χ0n) is 18.9. The summed E-state index contributed by atoms with van der Waals surface area (Å²) in [7, 11) is 0. The second kappa shape index (κ2) is 9.64. The number of halogens is 1.